The van der Waals surface area contributed by atoms with E-state index in [9.17, 15) is 4.79 Å². The average Bonchev–Trinajstić information content (AvgIpc) is 3.40. The predicted octanol–water partition coefficient (Wildman–Crippen LogP) is 3.46. The number of ether oxygens (including phenoxy) is 1. The van der Waals surface area contributed by atoms with Crippen LogP contribution in [0.15, 0.2) is 75.2 Å². The van der Waals surface area contributed by atoms with Crippen molar-refractivity contribution in [2.75, 3.05) is 11.6 Å². The number of thiocarbonyl (C=S) groups is 1. The Morgan fingerprint density at radius 3 is 2.45 bits per heavy atom. The van der Waals surface area contributed by atoms with Crippen molar-refractivity contribution in [3.8, 4) is 11.3 Å². The summed E-state index contributed by atoms with van der Waals surface area (Å²) in [5, 5.41) is 17.1. The SMILES string of the molecule is CCOC(=O)C1=NN(c2n[nH]c(-c3ccccc3)c2Br)C2NC(=S)N=C(c3ccccc3)N12. The van der Waals surface area contributed by atoms with E-state index in [1.165, 1.54) is 0 Å². The van der Waals surface area contributed by atoms with Crippen LogP contribution in [0.25, 0.3) is 11.3 Å². The number of hydrogen-bond acceptors (Lipinski definition) is 7. The molecule has 2 aromatic carbocycles. The van der Waals surface area contributed by atoms with E-state index in [0.717, 1.165) is 16.8 Å². The van der Waals surface area contributed by atoms with Crippen molar-refractivity contribution in [3.05, 3.63) is 70.7 Å². The Morgan fingerprint density at radius 1 is 1.12 bits per heavy atom. The standard InChI is InChI=1S/C22H18BrN7O2S/c1-2-32-20(31)19-28-30(18-15(23)16(26-27-18)13-9-5-3-6-10-13)22-25-21(33)24-17(29(19)22)14-11-7-4-8-12-14/h3-12,22H,2H2,1H3,(H,25,33)(H,26,27). The lowest BCUT2D eigenvalue weighted by molar-refractivity contribution is -0.135. The normalized spacial score (nSPS) is 17.3. The molecular formula is C22H18BrN7O2S. The molecule has 2 N–H and O–H groups in total. The van der Waals surface area contributed by atoms with Gasteiger partial charge in [-0.2, -0.15) is 5.10 Å². The number of rotatable bonds is 5. The molecule has 0 amide bonds. The molecule has 2 aliphatic rings. The number of carbonyl (C=O) groups is 1. The van der Waals surface area contributed by atoms with Gasteiger partial charge >= 0.3 is 5.97 Å². The van der Waals surface area contributed by atoms with Crippen LogP contribution >= 0.6 is 28.1 Å². The van der Waals surface area contributed by atoms with Crippen molar-refractivity contribution in [1.82, 2.24) is 20.4 Å². The molecule has 0 fully saturated rings. The van der Waals surface area contributed by atoms with Crippen LogP contribution in [0.3, 0.4) is 0 Å². The Bertz CT molecular complexity index is 1280. The lowest BCUT2D eigenvalue weighted by Gasteiger charge is -2.35. The van der Waals surface area contributed by atoms with Crippen molar-refractivity contribution < 1.29 is 9.53 Å². The Morgan fingerprint density at radius 2 is 1.79 bits per heavy atom. The maximum absolute atomic E-state index is 12.9. The molecule has 0 bridgehead atoms. The molecule has 0 saturated carbocycles. The fourth-order valence-electron chi connectivity index (χ4n) is 3.62. The number of carbonyl (C=O) groups excluding carboxylic acids is 1. The average molecular weight is 524 g/mol. The van der Waals surface area contributed by atoms with Gasteiger partial charge in [0.2, 0.25) is 12.1 Å². The lowest BCUT2D eigenvalue weighted by Crippen LogP contribution is -2.60. The van der Waals surface area contributed by atoms with Crippen molar-refractivity contribution in [2.45, 2.75) is 13.2 Å². The zero-order valence-electron chi connectivity index (χ0n) is 17.4. The first-order valence-electron chi connectivity index (χ1n) is 10.2. The van der Waals surface area contributed by atoms with Crippen LogP contribution in [-0.4, -0.2) is 50.7 Å². The summed E-state index contributed by atoms with van der Waals surface area (Å²) in [6, 6.07) is 19.3. The number of hydrogen-bond donors (Lipinski definition) is 2. The highest BCUT2D eigenvalue weighted by molar-refractivity contribution is 9.10. The second-order valence-corrected chi connectivity index (χ2v) is 8.27. The van der Waals surface area contributed by atoms with Crippen molar-refractivity contribution in [2.24, 2.45) is 10.1 Å². The highest BCUT2D eigenvalue weighted by Gasteiger charge is 2.46. The highest BCUT2D eigenvalue weighted by Crippen LogP contribution is 2.37. The van der Waals surface area contributed by atoms with Gasteiger partial charge in [-0.05, 0) is 35.1 Å². The first-order chi connectivity index (χ1) is 16.1. The smallest absolute Gasteiger partial charge is 0.376 e. The minimum absolute atomic E-state index is 0.0793. The van der Waals surface area contributed by atoms with Crippen molar-refractivity contribution in [3.63, 3.8) is 0 Å². The van der Waals surface area contributed by atoms with Crippen LogP contribution in [0.2, 0.25) is 0 Å². The number of aromatic nitrogens is 2. The molecule has 1 atom stereocenters. The van der Waals surface area contributed by atoms with Gasteiger partial charge in [-0.15, -0.1) is 5.10 Å². The summed E-state index contributed by atoms with van der Waals surface area (Å²) in [5.74, 6) is 0.482. The molecule has 11 heteroatoms. The zero-order chi connectivity index (χ0) is 22.9. The highest BCUT2D eigenvalue weighted by atomic mass is 79.9. The molecule has 3 heterocycles. The van der Waals surface area contributed by atoms with E-state index in [1.807, 2.05) is 60.7 Å². The number of H-pyrrole nitrogens is 1. The van der Waals surface area contributed by atoms with Gasteiger partial charge in [-0.25, -0.2) is 14.8 Å². The topological polar surface area (TPSA) is 98.2 Å². The van der Waals surface area contributed by atoms with E-state index >= 15 is 0 Å². The number of halogens is 1. The van der Waals surface area contributed by atoms with Gasteiger partial charge in [-0.3, -0.25) is 10.00 Å². The number of nitrogens with one attached hydrogen (secondary N) is 2. The van der Waals surface area contributed by atoms with Gasteiger partial charge in [0.05, 0.1) is 16.8 Å². The van der Waals surface area contributed by atoms with E-state index < -0.39 is 12.3 Å². The molecule has 1 aromatic heterocycles. The fraction of sp³-hybridized carbons (Fsp3) is 0.136. The summed E-state index contributed by atoms with van der Waals surface area (Å²) < 4.78 is 5.97. The number of nitrogens with zero attached hydrogens (tertiary/aromatic N) is 5. The quantitative estimate of drug-likeness (QED) is 0.390. The minimum atomic E-state index is -0.659. The van der Waals surface area contributed by atoms with E-state index in [2.05, 4.69) is 41.5 Å². The molecular weight excluding hydrogens is 506 g/mol. The molecule has 3 aromatic rings. The number of aliphatic imine (C=N–C) groups is 1. The summed E-state index contributed by atoms with van der Waals surface area (Å²) in [4.78, 5) is 19.0. The molecule has 0 radical (unpaired) electrons. The Labute approximate surface area is 203 Å². The van der Waals surface area contributed by atoms with Gasteiger partial charge < -0.3 is 10.1 Å². The monoisotopic (exact) mass is 523 g/mol. The third-order valence-electron chi connectivity index (χ3n) is 5.05. The second-order valence-electron chi connectivity index (χ2n) is 7.09. The molecule has 2 aliphatic heterocycles. The van der Waals surface area contributed by atoms with Gasteiger partial charge in [0, 0.05) is 11.1 Å². The predicted molar refractivity (Wildman–Crippen MR) is 133 cm³/mol. The fourth-order valence-corrected chi connectivity index (χ4v) is 4.40. The first-order valence-corrected chi connectivity index (χ1v) is 11.4. The number of benzene rings is 2. The van der Waals surface area contributed by atoms with Crippen LogP contribution in [0.5, 0.6) is 0 Å². The van der Waals surface area contributed by atoms with Crippen LogP contribution in [0.4, 0.5) is 5.82 Å². The van der Waals surface area contributed by atoms with Crippen LogP contribution in [0.1, 0.15) is 12.5 Å². The Hall–Kier alpha value is -3.57. The van der Waals surface area contributed by atoms with Crippen molar-refractivity contribution >= 4 is 56.7 Å². The third-order valence-corrected chi connectivity index (χ3v) is 6.01. The summed E-state index contributed by atoms with van der Waals surface area (Å²) >= 11 is 9.07. The molecule has 0 saturated heterocycles. The lowest BCUT2D eigenvalue weighted by atomic mass is 10.1. The maximum Gasteiger partial charge on any atom is 0.376 e. The summed E-state index contributed by atoms with van der Waals surface area (Å²) in [6.45, 7) is 1.96. The van der Waals surface area contributed by atoms with Gasteiger partial charge in [-0.1, -0.05) is 60.7 Å². The van der Waals surface area contributed by atoms with Gasteiger partial charge in [0.1, 0.15) is 5.84 Å². The Kier molecular flexibility index (Phi) is 5.65. The number of aromatic amines is 1. The van der Waals surface area contributed by atoms with Crippen LogP contribution < -0.4 is 10.3 Å². The molecule has 166 valence electrons. The molecule has 0 spiro atoms. The third kappa shape index (κ3) is 3.79. The minimum Gasteiger partial charge on any atom is -0.460 e. The largest absolute Gasteiger partial charge is 0.460 e. The van der Waals surface area contributed by atoms with Crippen LogP contribution in [-0.2, 0) is 9.53 Å². The molecule has 9 nitrogen and oxygen atoms in total. The Balaban J connectivity index is 1.60. The molecule has 1 unspecified atom stereocenters. The number of fused-ring (bicyclic) bond motifs is 1. The first kappa shape index (κ1) is 21.3. The zero-order valence-corrected chi connectivity index (χ0v) is 19.8. The summed E-state index contributed by atoms with van der Waals surface area (Å²) in [7, 11) is 0. The summed E-state index contributed by atoms with van der Waals surface area (Å²) in [6.07, 6.45) is -0.659. The van der Waals surface area contributed by atoms with E-state index in [-0.39, 0.29) is 17.6 Å². The maximum atomic E-state index is 12.9. The van der Waals surface area contributed by atoms with Gasteiger partial charge in [0.25, 0.3) is 0 Å². The van der Waals surface area contributed by atoms with E-state index in [1.54, 1.807) is 16.8 Å². The van der Waals surface area contributed by atoms with Crippen LogP contribution in [0, 0.1) is 0 Å². The summed E-state index contributed by atoms with van der Waals surface area (Å²) in [5.41, 5.74) is 2.52. The van der Waals surface area contributed by atoms with Crippen molar-refractivity contribution in [1.29, 1.82) is 0 Å². The van der Waals surface area contributed by atoms with Gasteiger partial charge in [0.15, 0.2) is 10.9 Å². The molecule has 5 rings (SSSR count). The second kappa shape index (κ2) is 8.75. The van der Waals surface area contributed by atoms with E-state index in [0.29, 0.717) is 16.1 Å². The molecule has 0 aliphatic carbocycles. The number of esters is 1. The number of amidine groups is 2. The molecule has 33 heavy (non-hydrogen) atoms. The number of hydrazone groups is 1. The number of anilines is 1. The van der Waals surface area contributed by atoms with E-state index in [4.69, 9.17) is 17.0 Å².